The Bertz CT molecular complexity index is 790. The van der Waals surface area contributed by atoms with Crippen molar-refractivity contribution in [3.63, 3.8) is 0 Å². The van der Waals surface area contributed by atoms with Crippen molar-refractivity contribution < 1.29 is 9.59 Å². The second-order valence-electron chi connectivity index (χ2n) is 5.24. The largest absolute Gasteiger partial charge is 0.318 e. The molecule has 5 heteroatoms. The lowest BCUT2D eigenvalue weighted by atomic mass is 10.2. The molecule has 2 heterocycles. The number of benzene rings is 1. The minimum atomic E-state index is -0.237. The first-order valence-corrected chi connectivity index (χ1v) is 7.76. The summed E-state index contributed by atoms with van der Waals surface area (Å²) in [6, 6.07) is 12.1. The Morgan fingerprint density at radius 1 is 1.09 bits per heavy atom. The van der Waals surface area contributed by atoms with Gasteiger partial charge < -0.3 is 4.57 Å². The van der Waals surface area contributed by atoms with Crippen LogP contribution in [0.1, 0.15) is 17.0 Å². The van der Waals surface area contributed by atoms with Crippen molar-refractivity contribution in [2.24, 2.45) is 0 Å². The molecule has 3 rings (SSSR count). The minimum absolute atomic E-state index is 0.229. The van der Waals surface area contributed by atoms with Crippen LogP contribution < -0.4 is 0 Å². The number of aromatic nitrogens is 1. The number of hydrogen-bond acceptors (Lipinski definition) is 3. The first-order valence-electron chi connectivity index (χ1n) is 6.95. The number of imide groups is 1. The number of nitrogens with zero attached hydrogens (tertiary/aromatic N) is 2. The van der Waals surface area contributed by atoms with E-state index >= 15 is 0 Å². The number of likely N-dealkylation sites (N-methyl/N-ethyl adjacent to an activating group) is 1. The van der Waals surface area contributed by atoms with Gasteiger partial charge in [-0.1, -0.05) is 18.2 Å². The molecule has 1 aromatic heterocycles. The smallest absolute Gasteiger partial charge is 0.293 e. The fraction of sp³-hybridized carbons (Fsp3) is 0.176. The molecule has 1 aliphatic rings. The van der Waals surface area contributed by atoms with Crippen LogP contribution in [-0.2, 0) is 4.79 Å². The molecule has 22 heavy (non-hydrogen) atoms. The second-order valence-corrected chi connectivity index (χ2v) is 6.23. The van der Waals surface area contributed by atoms with Gasteiger partial charge in [0.25, 0.3) is 11.1 Å². The van der Waals surface area contributed by atoms with Crippen LogP contribution in [0.25, 0.3) is 11.8 Å². The zero-order valence-corrected chi connectivity index (χ0v) is 13.5. The van der Waals surface area contributed by atoms with E-state index in [9.17, 15) is 9.59 Å². The van der Waals surface area contributed by atoms with Gasteiger partial charge in [-0.2, -0.15) is 0 Å². The highest BCUT2D eigenvalue weighted by molar-refractivity contribution is 8.18. The van der Waals surface area contributed by atoms with E-state index in [-0.39, 0.29) is 11.1 Å². The van der Waals surface area contributed by atoms with Crippen LogP contribution in [0.2, 0.25) is 0 Å². The maximum atomic E-state index is 12.0. The standard InChI is InChI=1S/C17H16N2O2S/c1-11-9-13(10-15-16(20)18(3)17(21)22-15)12(2)19(11)14-7-5-4-6-8-14/h4-10H,1-3H3/b15-10-. The van der Waals surface area contributed by atoms with Crippen LogP contribution in [0.3, 0.4) is 0 Å². The fourth-order valence-corrected chi connectivity index (χ4v) is 3.41. The van der Waals surface area contributed by atoms with Crippen LogP contribution in [0, 0.1) is 13.8 Å². The molecule has 1 fully saturated rings. The van der Waals surface area contributed by atoms with E-state index in [1.54, 1.807) is 6.08 Å². The van der Waals surface area contributed by atoms with Gasteiger partial charge in [0.15, 0.2) is 0 Å². The monoisotopic (exact) mass is 312 g/mol. The zero-order chi connectivity index (χ0) is 15.9. The van der Waals surface area contributed by atoms with Gasteiger partial charge in [-0.3, -0.25) is 14.5 Å². The van der Waals surface area contributed by atoms with Crippen molar-refractivity contribution in [3.05, 3.63) is 58.3 Å². The first-order chi connectivity index (χ1) is 10.5. The maximum absolute atomic E-state index is 12.0. The summed E-state index contributed by atoms with van der Waals surface area (Å²) in [7, 11) is 1.51. The number of amides is 2. The lowest BCUT2D eigenvalue weighted by Crippen LogP contribution is -2.22. The summed E-state index contributed by atoms with van der Waals surface area (Å²) < 4.78 is 2.14. The molecule has 2 amide bonds. The van der Waals surface area contributed by atoms with E-state index in [1.165, 1.54) is 7.05 Å². The molecule has 0 saturated carbocycles. The number of aryl methyl sites for hydroxylation is 1. The predicted octanol–water partition coefficient (Wildman–Crippen LogP) is 3.76. The van der Waals surface area contributed by atoms with E-state index < -0.39 is 0 Å². The Balaban J connectivity index is 2.05. The van der Waals surface area contributed by atoms with Crippen LogP contribution in [0.5, 0.6) is 0 Å². The molecule has 0 aliphatic carbocycles. The summed E-state index contributed by atoms with van der Waals surface area (Å²) in [6.45, 7) is 4.05. The van der Waals surface area contributed by atoms with Gasteiger partial charge >= 0.3 is 0 Å². The summed E-state index contributed by atoms with van der Waals surface area (Å²) in [5.74, 6) is -0.237. The summed E-state index contributed by atoms with van der Waals surface area (Å²) in [5, 5.41) is -0.229. The molecular formula is C17H16N2O2S. The summed E-state index contributed by atoms with van der Waals surface area (Å²) in [4.78, 5) is 25.2. The third-order valence-electron chi connectivity index (χ3n) is 3.76. The molecule has 4 nitrogen and oxygen atoms in total. The number of carbonyl (C=O) groups is 2. The van der Waals surface area contributed by atoms with E-state index in [0.717, 1.165) is 39.3 Å². The lowest BCUT2D eigenvalue weighted by molar-refractivity contribution is -0.121. The summed E-state index contributed by atoms with van der Waals surface area (Å²) in [5.41, 5.74) is 4.18. The number of thioether (sulfide) groups is 1. The van der Waals surface area contributed by atoms with Gasteiger partial charge in [0, 0.05) is 24.1 Å². The molecule has 1 aliphatic heterocycles. The highest BCUT2D eigenvalue weighted by Crippen LogP contribution is 2.32. The highest BCUT2D eigenvalue weighted by Gasteiger charge is 2.32. The highest BCUT2D eigenvalue weighted by atomic mass is 32.2. The molecule has 1 saturated heterocycles. The van der Waals surface area contributed by atoms with Gasteiger partial charge in [-0.05, 0) is 55.4 Å². The SMILES string of the molecule is Cc1cc(/C=C2\SC(=O)N(C)C2=O)c(C)n1-c1ccccc1. The molecule has 0 bridgehead atoms. The normalized spacial score (nSPS) is 16.9. The van der Waals surface area contributed by atoms with Gasteiger partial charge in [0.05, 0.1) is 4.91 Å². The molecule has 0 N–H and O–H groups in total. The minimum Gasteiger partial charge on any atom is -0.318 e. The molecule has 2 aromatic rings. The van der Waals surface area contributed by atoms with Crippen molar-refractivity contribution in [1.82, 2.24) is 9.47 Å². The first kappa shape index (κ1) is 14.7. The van der Waals surface area contributed by atoms with Crippen molar-refractivity contribution in [3.8, 4) is 5.69 Å². The molecular weight excluding hydrogens is 296 g/mol. The van der Waals surface area contributed by atoms with E-state index in [1.807, 2.05) is 50.2 Å². The van der Waals surface area contributed by atoms with Crippen molar-refractivity contribution in [1.29, 1.82) is 0 Å². The zero-order valence-electron chi connectivity index (χ0n) is 12.7. The predicted molar refractivity (Wildman–Crippen MR) is 89.0 cm³/mol. The Morgan fingerprint density at radius 3 is 2.36 bits per heavy atom. The average Bonchev–Trinajstić information content (AvgIpc) is 2.92. The van der Waals surface area contributed by atoms with E-state index in [4.69, 9.17) is 0 Å². The van der Waals surface area contributed by atoms with Gasteiger partial charge in [0.1, 0.15) is 0 Å². The Morgan fingerprint density at radius 2 is 1.77 bits per heavy atom. The van der Waals surface area contributed by atoms with Gasteiger partial charge in [-0.15, -0.1) is 0 Å². The molecule has 0 spiro atoms. The fourth-order valence-electron chi connectivity index (χ4n) is 2.59. The Labute approximate surface area is 133 Å². The lowest BCUT2D eigenvalue weighted by Gasteiger charge is -2.09. The molecule has 0 atom stereocenters. The quantitative estimate of drug-likeness (QED) is 0.793. The van der Waals surface area contributed by atoms with Gasteiger partial charge in [0.2, 0.25) is 0 Å². The van der Waals surface area contributed by atoms with Gasteiger partial charge in [-0.25, -0.2) is 0 Å². The number of para-hydroxylation sites is 1. The third kappa shape index (κ3) is 2.37. The number of hydrogen-bond donors (Lipinski definition) is 0. The number of carbonyl (C=O) groups excluding carboxylic acids is 2. The van der Waals surface area contributed by atoms with E-state index in [0.29, 0.717) is 4.91 Å². The third-order valence-corrected chi connectivity index (χ3v) is 4.72. The van der Waals surface area contributed by atoms with E-state index in [2.05, 4.69) is 4.57 Å². The molecule has 0 unspecified atom stereocenters. The van der Waals surface area contributed by atoms with Crippen molar-refractivity contribution >= 4 is 29.0 Å². The van der Waals surface area contributed by atoms with Crippen LogP contribution >= 0.6 is 11.8 Å². The Kier molecular flexibility index (Phi) is 3.66. The topological polar surface area (TPSA) is 42.3 Å². The van der Waals surface area contributed by atoms with Crippen LogP contribution in [0.4, 0.5) is 4.79 Å². The molecule has 0 radical (unpaired) electrons. The summed E-state index contributed by atoms with van der Waals surface area (Å²) >= 11 is 0.986. The van der Waals surface area contributed by atoms with Crippen LogP contribution in [0.15, 0.2) is 41.3 Å². The molecule has 112 valence electrons. The van der Waals surface area contributed by atoms with Crippen LogP contribution in [-0.4, -0.2) is 27.7 Å². The summed E-state index contributed by atoms with van der Waals surface area (Å²) in [6.07, 6.45) is 1.80. The Hall–Kier alpha value is -2.27. The number of rotatable bonds is 2. The average molecular weight is 312 g/mol. The molecule has 1 aromatic carbocycles. The van der Waals surface area contributed by atoms with Crippen molar-refractivity contribution in [2.75, 3.05) is 7.05 Å². The van der Waals surface area contributed by atoms with Crippen molar-refractivity contribution in [2.45, 2.75) is 13.8 Å². The maximum Gasteiger partial charge on any atom is 0.293 e. The second kappa shape index (κ2) is 5.50.